The minimum Gasteiger partial charge on any atom is -0.355 e. The normalized spacial score (nSPS) is 14.9. The molecule has 0 bridgehead atoms. The highest BCUT2D eigenvalue weighted by Gasteiger charge is 2.24. The Morgan fingerprint density at radius 2 is 1.72 bits per heavy atom. The number of nitrogens with zero attached hydrogens (tertiary/aromatic N) is 2. The van der Waals surface area contributed by atoms with Gasteiger partial charge in [0.2, 0.25) is 12.3 Å². The molecule has 0 saturated carbocycles. The number of carbonyl (C=O) groups is 2. The number of rotatable bonds is 13. The van der Waals surface area contributed by atoms with E-state index in [9.17, 15) is 9.59 Å². The average molecular weight is 616 g/mol. The molecule has 7 nitrogen and oxygen atoms in total. The van der Waals surface area contributed by atoms with Gasteiger partial charge in [0.15, 0.2) is 0 Å². The Bertz CT molecular complexity index is 1020. The number of allylic oxidation sites excluding steroid dienone is 3. The van der Waals surface area contributed by atoms with Gasteiger partial charge >= 0.3 is 0 Å². The molecule has 0 radical (unpaired) electrons. The molecule has 1 aromatic rings. The fraction of sp³-hybridized carbons (Fsp3) is 0.600. The molecular formula is C35H61N5O2S. The van der Waals surface area contributed by atoms with Gasteiger partial charge in [0.25, 0.3) is 0 Å². The van der Waals surface area contributed by atoms with E-state index < -0.39 is 0 Å². The lowest BCUT2D eigenvalue weighted by molar-refractivity contribution is -0.130. The van der Waals surface area contributed by atoms with Crippen LogP contribution in [-0.2, 0) is 16.1 Å². The third-order valence-electron chi connectivity index (χ3n) is 6.50. The van der Waals surface area contributed by atoms with E-state index in [1.54, 1.807) is 16.7 Å². The van der Waals surface area contributed by atoms with Gasteiger partial charge in [0.05, 0.1) is 0 Å². The molecule has 5 N–H and O–H groups in total. The monoisotopic (exact) mass is 615 g/mol. The number of hydrogen-bond donors (Lipinski definition) is 3. The Labute approximate surface area is 267 Å². The molecule has 1 aromatic carbocycles. The summed E-state index contributed by atoms with van der Waals surface area (Å²) in [5.41, 5.74) is 12.1. The van der Waals surface area contributed by atoms with Crippen LogP contribution in [0.4, 0.5) is 0 Å². The lowest BCUT2D eigenvalue weighted by atomic mass is 10.00. The van der Waals surface area contributed by atoms with E-state index in [4.69, 9.17) is 11.6 Å². The first kappa shape index (κ1) is 40.5. The number of carbonyl (C=O) groups excluding carboxylic acids is 2. The molecule has 1 atom stereocenters. The van der Waals surface area contributed by atoms with Crippen LogP contribution in [0, 0.1) is 11.8 Å². The summed E-state index contributed by atoms with van der Waals surface area (Å²) in [6, 6.07) is 8.48. The summed E-state index contributed by atoms with van der Waals surface area (Å²) in [4.78, 5) is 25.4. The summed E-state index contributed by atoms with van der Waals surface area (Å²) in [5, 5.41) is 6.41. The first-order valence-corrected chi connectivity index (χ1v) is 16.6. The molecule has 1 heterocycles. The molecule has 1 unspecified atom stereocenters. The van der Waals surface area contributed by atoms with Crippen molar-refractivity contribution in [3.63, 3.8) is 0 Å². The summed E-state index contributed by atoms with van der Waals surface area (Å²) in [7, 11) is 0. The largest absolute Gasteiger partial charge is 0.355 e. The third-order valence-corrected chi connectivity index (χ3v) is 7.90. The van der Waals surface area contributed by atoms with Crippen molar-refractivity contribution >= 4 is 29.0 Å². The molecule has 1 aliphatic heterocycles. The molecular weight excluding hydrogens is 554 g/mol. The van der Waals surface area contributed by atoms with Crippen LogP contribution in [0.25, 0.3) is 4.91 Å². The lowest BCUT2D eigenvalue weighted by Crippen LogP contribution is -2.41. The molecule has 1 fully saturated rings. The van der Waals surface area contributed by atoms with Crippen LogP contribution >= 0.6 is 11.8 Å². The number of hydrazine groups is 1. The minimum absolute atomic E-state index is 0.0614. The van der Waals surface area contributed by atoms with Crippen molar-refractivity contribution in [3.05, 3.63) is 63.7 Å². The number of amides is 2. The molecule has 0 spiro atoms. The maximum atomic E-state index is 12.0. The Morgan fingerprint density at radius 1 is 1.12 bits per heavy atom. The first-order chi connectivity index (χ1) is 20.2. The molecule has 2 rings (SSSR count). The molecule has 1 saturated heterocycles. The van der Waals surface area contributed by atoms with E-state index in [1.807, 2.05) is 6.20 Å². The van der Waals surface area contributed by atoms with Crippen LogP contribution in [0.1, 0.15) is 106 Å². The zero-order chi connectivity index (χ0) is 32.9. The van der Waals surface area contributed by atoms with Gasteiger partial charge in [0, 0.05) is 36.8 Å². The van der Waals surface area contributed by atoms with Crippen molar-refractivity contribution < 1.29 is 9.59 Å². The highest BCUT2D eigenvalue weighted by atomic mass is 32.2. The molecule has 8 heteroatoms. The Kier molecular flexibility index (Phi) is 21.6. The third kappa shape index (κ3) is 18.7. The second kappa shape index (κ2) is 22.9. The topological polar surface area (TPSA) is 105 Å². The fourth-order valence-electron chi connectivity index (χ4n) is 3.97. The van der Waals surface area contributed by atoms with E-state index in [1.165, 1.54) is 32.2 Å². The summed E-state index contributed by atoms with van der Waals surface area (Å²) in [6.45, 7) is 23.8. The van der Waals surface area contributed by atoms with Crippen LogP contribution in [0.5, 0.6) is 0 Å². The van der Waals surface area contributed by atoms with Crippen molar-refractivity contribution in [2.24, 2.45) is 23.4 Å². The molecule has 244 valence electrons. The summed E-state index contributed by atoms with van der Waals surface area (Å²) < 4.78 is 0. The summed E-state index contributed by atoms with van der Waals surface area (Å²) >= 11 is 1.78. The van der Waals surface area contributed by atoms with Gasteiger partial charge in [-0.05, 0) is 68.4 Å². The number of nitrogens with two attached hydrogens (primary N) is 2. The van der Waals surface area contributed by atoms with Crippen molar-refractivity contribution in [2.45, 2.75) is 108 Å². The zero-order valence-electron chi connectivity index (χ0n) is 28.7. The lowest BCUT2D eigenvalue weighted by Gasteiger charge is -2.22. The van der Waals surface area contributed by atoms with Crippen molar-refractivity contribution in [1.29, 1.82) is 0 Å². The van der Waals surface area contributed by atoms with Crippen LogP contribution in [0.3, 0.4) is 0 Å². The number of thioether (sulfide) groups is 1. The number of likely N-dealkylation sites (tertiary alicyclic amines) is 1. The summed E-state index contributed by atoms with van der Waals surface area (Å²) in [5.74, 6) is 7.28. The van der Waals surface area contributed by atoms with E-state index in [-0.39, 0.29) is 18.5 Å². The number of hydrogen-bond acceptors (Lipinski definition) is 6. The number of benzene rings is 1. The summed E-state index contributed by atoms with van der Waals surface area (Å²) in [6.07, 6.45) is 6.73. The van der Waals surface area contributed by atoms with E-state index in [2.05, 4.69) is 104 Å². The second-order valence-corrected chi connectivity index (χ2v) is 13.2. The van der Waals surface area contributed by atoms with E-state index in [0.29, 0.717) is 19.0 Å². The average Bonchev–Trinajstić information content (AvgIpc) is 3.38. The van der Waals surface area contributed by atoms with Gasteiger partial charge in [-0.1, -0.05) is 108 Å². The minimum atomic E-state index is 0.0614. The van der Waals surface area contributed by atoms with E-state index in [0.717, 1.165) is 50.1 Å². The zero-order valence-corrected chi connectivity index (χ0v) is 29.5. The Balaban J connectivity index is 0.000000730. The van der Waals surface area contributed by atoms with E-state index >= 15 is 0 Å². The molecule has 43 heavy (non-hydrogen) atoms. The number of nitrogens with one attached hydrogen (secondary N) is 1. The Hall–Kier alpha value is -2.55. The maximum Gasteiger partial charge on any atom is 0.243 e. The highest BCUT2D eigenvalue weighted by molar-refractivity contribution is 8.11. The van der Waals surface area contributed by atoms with Gasteiger partial charge in [-0.15, -0.1) is 0 Å². The van der Waals surface area contributed by atoms with Gasteiger partial charge in [-0.3, -0.25) is 9.59 Å². The quantitative estimate of drug-likeness (QED) is 0.121. The second-order valence-electron chi connectivity index (χ2n) is 12.4. The molecule has 0 aromatic heterocycles. The van der Waals surface area contributed by atoms with Crippen LogP contribution in [0.2, 0.25) is 0 Å². The highest BCUT2D eigenvalue weighted by Crippen LogP contribution is 2.33. The van der Waals surface area contributed by atoms with Gasteiger partial charge in [-0.2, -0.15) is 0 Å². The predicted octanol–water partition coefficient (Wildman–Crippen LogP) is 7.45. The fourth-order valence-corrected chi connectivity index (χ4v) is 4.96. The van der Waals surface area contributed by atoms with Gasteiger partial charge in [0.1, 0.15) is 6.54 Å². The van der Waals surface area contributed by atoms with Gasteiger partial charge < -0.3 is 21.0 Å². The standard InChI is InChI=1S/C17H23NOS.C14H28N4O.C4H10/c1-5-14(4)11-20-17(13(2)3)16-8-6-15(7-9-16)10-18-12-19;1-4-5-12(11(2)3)8-18(16)10-14(19)17-7-6-13(15)9-17;1-4(2)3/h6-9,11-12H,5,10H2,1-4H3,(H,18,19);8,11,13H,4-7,9-10,15-16H2,1-3H3;4H,1-3H3/b14-11+;12-8+;. The first-order valence-electron chi connectivity index (χ1n) is 15.8. The predicted molar refractivity (Wildman–Crippen MR) is 188 cm³/mol. The molecule has 0 aliphatic carbocycles. The molecule has 1 aliphatic rings. The Morgan fingerprint density at radius 3 is 2.16 bits per heavy atom. The van der Waals surface area contributed by atoms with Crippen LogP contribution < -0.4 is 16.9 Å². The van der Waals surface area contributed by atoms with Crippen LogP contribution in [-0.4, -0.2) is 47.9 Å². The van der Waals surface area contributed by atoms with Gasteiger partial charge in [-0.25, -0.2) is 5.84 Å². The van der Waals surface area contributed by atoms with Crippen molar-refractivity contribution in [1.82, 2.24) is 15.2 Å². The maximum absolute atomic E-state index is 12.0. The van der Waals surface area contributed by atoms with Crippen molar-refractivity contribution in [3.8, 4) is 0 Å². The smallest absolute Gasteiger partial charge is 0.243 e. The van der Waals surface area contributed by atoms with Crippen molar-refractivity contribution in [2.75, 3.05) is 19.6 Å². The SMILES string of the molecule is CC(C)C.CC/C(C)=C/SC(=C(C)C)c1ccc(CNC=O)cc1.CCC/C(=C\N(N)CC(=O)N1CCC(N)C1)C(C)C. The van der Waals surface area contributed by atoms with Crippen LogP contribution in [0.15, 0.2) is 52.6 Å². The molecule has 2 amide bonds.